The number of aliphatic hydroxyl groups is 2. The Morgan fingerprint density at radius 3 is 2.61 bits per heavy atom. The summed E-state index contributed by atoms with van der Waals surface area (Å²) in [6.07, 6.45) is 0.349. The molecule has 2 N–H and O–H groups in total. The van der Waals surface area contributed by atoms with Gasteiger partial charge in [-0.1, -0.05) is 13.0 Å². The average Bonchev–Trinajstić information content (AvgIpc) is 2.37. The molecule has 4 nitrogen and oxygen atoms in total. The second-order valence-corrected chi connectivity index (χ2v) is 4.27. The Hall–Kier alpha value is -1.57. The molecule has 0 spiro atoms. The number of rotatable bonds is 6. The quantitative estimate of drug-likeness (QED) is 0.806. The van der Waals surface area contributed by atoms with Crippen molar-refractivity contribution in [2.45, 2.75) is 26.4 Å². The molecule has 0 saturated carbocycles. The van der Waals surface area contributed by atoms with Crippen LogP contribution in [0.15, 0.2) is 18.2 Å². The molecule has 1 rings (SSSR count). The third-order valence-electron chi connectivity index (χ3n) is 2.81. The molecule has 0 aliphatic rings. The monoisotopic (exact) mass is 248 g/mol. The van der Waals surface area contributed by atoms with Crippen LogP contribution in [0.5, 0.6) is 0 Å². The first-order valence-corrected chi connectivity index (χ1v) is 6.22. The van der Waals surface area contributed by atoms with Crippen molar-refractivity contribution < 1.29 is 10.2 Å². The van der Waals surface area contributed by atoms with Crippen molar-refractivity contribution in [1.29, 1.82) is 5.26 Å². The van der Waals surface area contributed by atoms with Crippen LogP contribution >= 0.6 is 0 Å². The minimum atomic E-state index is -0.592. The fourth-order valence-electron chi connectivity index (χ4n) is 1.98. The summed E-state index contributed by atoms with van der Waals surface area (Å²) in [7, 11) is 0. The molecule has 0 aliphatic carbocycles. The Bertz CT molecular complexity index is 418. The van der Waals surface area contributed by atoms with Gasteiger partial charge in [-0.15, -0.1) is 0 Å². The van der Waals surface area contributed by atoms with Gasteiger partial charge in [0, 0.05) is 24.3 Å². The number of aliphatic hydroxyl groups excluding tert-OH is 2. The highest BCUT2D eigenvalue weighted by molar-refractivity contribution is 5.58. The average molecular weight is 248 g/mol. The van der Waals surface area contributed by atoms with E-state index < -0.39 is 6.10 Å². The minimum Gasteiger partial charge on any atom is -0.395 e. The fraction of sp³-hybridized carbons (Fsp3) is 0.500. The molecule has 0 radical (unpaired) electrons. The van der Waals surface area contributed by atoms with Gasteiger partial charge in [0.15, 0.2) is 0 Å². The van der Waals surface area contributed by atoms with Gasteiger partial charge in [-0.2, -0.15) is 5.26 Å². The molecule has 98 valence electrons. The molecule has 0 bridgehead atoms. The Labute approximate surface area is 108 Å². The molecule has 0 aliphatic heterocycles. The standard InChI is InChI=1S/C14H20N2O2/c1-3-6-16(7-8-17)14-9-12(10-15)4-5-13(14)11(2)18/h4-5,9,11,17-18H,3,6-8H2,1-2H3/t11-/m0/s1. The van der Waals surface area contributed by atoms with Crippen LogP contribution in [0.25, 0.3) is 0 Å². The van der Waals surface area contributed by atoms with Crippen molar-refractivity contribution in [3.63, 3.8) is 0 Å². The molecule has 0 unspecified atom stereocenters. The molecule has 1 aromatic rings. The van der Waals surface area contributed by atoms with Crippen LogP contribution in [0.4, 0.5) is 5.69 Å². The summed E-state index contributed by atoms with van der Waals surface area (Å²) in [5.41, 5.74) is 2.18. The van der Waals surface area contributed by atoms with E-state index in [0.717, 1.165) is 24.2 Å². The van der Waals surface area contributed by atoms with Crippen LogP contribution in [0, 0.1) is 11.3 Å². The van der Waals surface area contributed by atoms with E-state index in [1.807, 2.05) is 4.90 Å². The second-order valence-electron chi connectivity index (χ2n) is 4.27. The number of anilines is 1. The van der Waals surface area contributed by atoms with Gasteiger partial charge in [-0.25, -0.2) is 0 Å². The third-order valence-corrected chi connectivity index (χ3v) is 2.81. The van der Waals surface area contributed by atoms with Crippen molar-refractivity contribution in [3.05, 3.63) is 29.3 Å². The van der Waals surface area contributed by atoms with E-state index in [-0.39, 0.29) is 6.61 Å². The third kappa shape index (κ3) is 3.46. The highest BCUT2D eigenvalue weighted by atomic mass is 16.3. The van der Waals surface area contributed by atoms with E-state index in [1.165, 1.54) is 0 Å². The summed E-state index contributed by atoms with van der Waals surface area (Å²) in [4.78, 5) is 2.00. The predicted molar refractivity (Wildman–Crippen MR) is 71.4 cm³/mol. The van der Waals surface area contributed by atoms with Gasteiger partial charge in [-0.3, -0.25) is 0 Å². The lowest BCUT2D eigenvalue weighted by Crippen LogP contribution is -2.28. The van der Waals surface area contributed by atoms with Crippen LogP contribution in [0.1, 0.15) is 37.5 Å². The second kappa shape index (κ2) is 7.00. The van der Waals surface area contributed by atoms with E-state index in [2.05, 4.69) is 13.0 Å². The van der Waals surface area contributed by atoms with Crippen LogP contribution in [-0.2, 0) is 0 Å². The molecule has 0 aromatic heterocycles. The van der Waals surface area contributed by atoms with Crippen molar-refractivity contribution >= 4 is 5.69 Å². The number of hydrogen-bond donors (Lipinski definition) is 2. The summed E-state index contributed by atoms with van der Waals surface area (Å²) >= 11 is 0. The van der Waals surface area contributed by atoms with Crippen molar-refractivity contribution in [2.75, 3.05) is 24.6 Å². The number of hydrogen-bond acceptors (Lipinski definition) is 4. The van der Waals surface area contributed by atoms with Gasteiger partial charge in [0.2, 0.25) is 0 Å². The van der Waals surface area contributed by atoms with Crippen molar-refractivity contribution in [3.8, 4) is 6.07 Å². The number of nitrogens with zero attached hydrogens (tertiary/aromatic N) is 2. The highest BCUT2D eigenvalue weighted by Gasteiger charge is 2.14. The summed E-state index contributed by atoms with van der Waals surface area (Å²) < 4.78 is 0. The van der Waals surface area contributed by atoms with E-state index in [0.29, 0.717) is 12.1 Å². The largest absolute Gasteiger partial charge is 0.395 e. The highest BCUT2D eigenvalue weighted by Crippen LogP contribution is 2.27. The van der Waals surface area contributed by atoms with Crippen molar-refractivity contribution in [2.24, 2.45) is 0 Å². The normalized spacial score (nSPS) is 11.9. The predicted octanol–water partition coefficient (Wildman–Crippen LogP) is 1.82. The van der Waals surface area contributed by atoms with Gasteiger partial charge >= 0.3 is 0 Å². The number of benzene rings is 1. The lowest BCUT2D eigenvalue weighted by atomic mass is 10.0. The van der Waals surface area contributed by atoms with Crippen LogP contribution < -0.4 is 4.90 Å². The van der Waals surface area contributed by atoms with Gasteiger partial charge < -0.3 is 15.1 Å². The topological polar surface area (TPSA) is 67.5 Å². The molecule has 0 fully saturated rings. The van der Waals surface area contributed by atoms with Gasteiger partial charge in [-0.05, 0) is 25.5 Å². The Morgan fingerprint density at radius 2 is 2.11 bits per heavy atom. The maximum atomic E-state index is 9.78. The first kappa shape index (κ1) is 14.5. The van der Waals surface area contributed by atoms with Crippen LogP contribution in [0.3, 0.4) is 0 Å². The summed E-state index contributed by atoms with van der Waals surface area (Å²) in [6, 6.07) is 7.35. The Kier molecular flexibility index (Phi) is 5.63. The molecule has 18 heavy (non-hydrogen) atoms. The maximum absolute atomic E-state index is 9.78. The molecule has 4 heteroatoms. The van der Waals surface area contributed by atoms with E-state index in [4.69, 9.17) is 10.4 Å². The molecule has 1 atom stereocenters. The molecule has 0 saturated heterocycles. The Balaban J connectivity index is 3.19. The van der Waals surface area contributed by atoms with E-state index in [9.17, 15) is 5.11 Å². The number of nitriles is 1. The lowest BCUT2D eigenvalue weighted by Gasteiger charge is -2.27. The molecular weight excluding hydrogens is 228 g/mol. The molecule has 0 heterocycles. The van der Waals surface area contributed by atoms with E-state index >= 15 is 0 Å². The lowest BCUT2D eigenvalue weighted by molar-refractivity contribution is 0.199. The van der Waals surface area contributed by atoms with Gasteiger partial charge in [0.1, 0.15) is 0 Å². The van der Waals surface area contributed by atoms with Gasteiger partial charge in [0.25, 0.3) is 0 Å². The molecular formula is C14H20N2O2. The Morgan fingerprint density at radius 1 is 1.39 bits per heavy atom. The first-order chi connectivity index (χ1) is 8.63. The van der Waals surface area contributed by atoms with Crippen molar-refractivity contribution in [1.82, 2.24) is 0 Å². The first-order valence-electron chi connectivity index (χ1n) is 6.22. The minimum absolute atomic E-state index is 0.0516. The SMILES string of the molecule is CCCN(CCO)c1cc(C#N)ccc1[C@H](C)O. The van der Waals surface area contributed by atoms with Crippen LogP contribution in [0.2, 0.25) is 0 Å². The maximum Gasteiger partial charge on any atom is 0.0992 e. The fourth-order valence-corrected chi connectivity index (χ4v) is 1.98. The van der Waals surface area contributed by atoms with E-state index in [1.54, 1.807) is 25.1 Å². The zero-order chi connectivity index (χ0) is 13.5. The summed E-state index contributed by atoms with van der Waals surface area (Å²) in [6.45, 7) is 5.10. The molecule has 1 aromatic carbocycles. The smallest absolute Gasteiger partial charge is 0.0992 e. The summed E-state index contributed by atoms with van der Waals surface area (Å²) in [5, 5.41) is 27.8. The van der Waals surface area contributed by atoms with Crippen LogP contribution in [-0.4, -0.2) is 29.9 Å². The zero-order valence-electron chi connectivity index (χ0n) is 10.9. The van der Waals surface area contributed by atoms with Gasteiger partial charge in [0.05, 0.1) is 24.3 Å². The molecule has 0 amide bonds. The summed E-state index contributed by atoms with van der Waals surface area (Å²) in [5.74, 6) is 0. The zero-order valence-corrected chi connectivity index (χ0v) is 10.9.